The van der Waals surface area contributed by atoms with Crippen LogP contribution in [-0.4, -0.2) is 73.7 Å². The summed E-state index contributed by atoms with van der Waals surface area (Å²) >= 11 is 0. The van der Waals surface area contributed by atoms with E-state index in [0.29, 0.717) is 6.42 Å². The van der Waals surface area contributed by atoms with E-state index in [1.807, 2.05) is 0 Å². The molecule has 124 valence electrons. The third kappa shape index (κ3) is 4.38. The summed E-state index contributed by atoms with van der Waals surface area (Å²) in [6, 6.07) is -1.82. The summed E-state index contributed by atoms with van der Waals surface area (Å²) in [6.07, 6.45) is 1.79. The molecule has 0 saturated carbocycles. The highest BCUT2D eigenvalue weighted by Gasteiger charge is 2.42. The van der Waals surface area contributed by atoms with Gasteiger partial charge >= 0.3 is 5.97 Å². The zero-order chi connectivity index (χ0) is 16.4. The van der Waals surface area contributed by atoms with Crippen LogP contribution in [0.15, 0.2) is 0 Å². The van der Waals surface area contributed by atoms with Crippen molar-refractivity contribution in [3.63, 3.8) is 0 Å². The molecule has 1 rings (SSSR count). The fraction of sp³-hybridized carbons (Fsp3) is 0.909. The van der Waals surface area contributed by atoms with Crippen molar-refractivity contribution in [2.24, 2.45) is 0 Å². The summed E-state index contributed by atoms with van der Waals surface area (Å²) in [5.74, 6) is -1.48. The van der Waals surface area contributed by atoms with E-state index in [2.05, 4.69) is 0 Å². The van der Waals surface area contributed by atoms with E-state index in [1.54, 1.807) is 6.92 Å². The Morgan fingerprint density at radius 1 is 1.38 bits per heavy atom. The van der Waals surface area contributed by atoms with Gasteiger partial charge in [0.15, 0.2) is 0 Å². The van der Waals surface area contributed by atoms with E-state index >= 15 is 0 Å². The fourth-order valence-corrected chi connectivity index (χ4v) is 5.77. The average molecular weight is 342 g/mol. The highest BCUT2D eigenvalue weighted by Crippen LogP contribution is 2.24. The SMILES string of the molecule is CCN(C(C)CS(C)(=O)=O)S(=O)(=O)N1CCCC1C(=O)O. The van der Waals surface area contributed by atoms with Gasteiger partial charge in [0.05, 0.1) is 5.75 Å². The highest BCUT2D eigenvalue weighted by molar-refractivity contribution is 7.90. The number of carbonyl (C=O) groups is 1. The monoisotopic (exact) mass is 342 g/mol. The zero-order valence-electron chi connectivity index (χ0n) is 12.4. The molecule has 0 aromatic rings. The molecule has 1 fully saturated rings. The Labute approximate surface area is 125 Å². The predicted molar refractivity (Wildman–Crippen MR) is 77.8 cm³/mol. The molecule has 1 aliphatic heterocycles. The Morgan fingerprint density at radius 2 is 1.95 bits per heavy atom. The fourth-order valence-electron chi connectivity index (χ4n) is 2.62. The van der Waals surface area contributed by atoms with E-state index in [0.717, 1.165) is 14.9 Å². The van der Waals surface area contributed by atoms with Gasteiger partial charge in [-0.2, -0.15) is 17.0 Å². The highest BCUT2D eigenvalue weighted by atomic mass is 32.2. The lowest BCUT2D eigenvalue weighted by Crippen LogP contribution is -2.52. The molecule has 0 aromatic heterocycles. The number of sulfone groups is 1. The van der Waals surface area contributed by atoms with Crippen LogP contribution in [0.3, 0.4) is 0 Å². The van der Waals surface area contributed by atoms with Gasteiger partial charge in [-0.3, -0.25) is 4.79 Å². The first-order chi connectivity index (χ1) is 9.50. The summed E-state index contributed by atoms with van der Waals surface area (Å²) < 4.78 is 49.9. The number of nitrogens with zero attached hydrogens (tertiary/aromatic N) is 2. The zero-order valence-corrected chi connectivity index (χ0v) is 14.0. The second-order valence-electron chi connectivity index (χ2n) is 5.26. The van der Waals surface area contributed by atoms with Crippen LogP contribution in [0.5, 0.6) is 0 Å². The van der Waals surface area contributed by atoms with Crippen molar-refractivity contribution in [3.05, 3.63) is 0 Å². The van der Waals surface area contributed by atoms with E-state index in [9.17, 15) is 21.6 Å². The van der Waals surface area contributed by atoms with Gasteiger partial charge in [0.2, 0.25) is 0 Å². The molecule has 0 aliphatic carbocycles. The van der Waals surface area contributed by atoms with Crippen LogP contribution in [0.4, 0.5) is 0 Å². The van der Waals surface area contributed by atoms with Crippen molar-refractivity contribution in [1.29, 1.82) is 0 Å². The molecule has 1 aliphatic rings. The molecule has 0 spiro atoms. The Balaban J connectivity index is 3.05. The minimum atomic E-state index is -4.00. The third-order valence-corrected chi connectivity index (χ3v) is 6.76. The Hall–Kier alpha value is -0.710. The minimum absolute atomic E-state index is 0.0852. The molecule has 0 radical (unpaired) electrons. The minimum Gasteiger partial charge on any atom is -0.480 e. The normalized spacial score (nSPS) is 22.6. The Kier molecular flexibility index (Phi) is 5.76. The molecule has 1 heterocycles. The van der Waals surface area contributed by atoms with Gasteiger partial charge in [-0.15, -0.1) is 0 Å². The maximum absolute atomic E-state index is 12.6. The second-order valence-corrected chi connectivity index (χ2v) is 9.28. The summed E-state index contributed by atoms with van der Waals surface area (Å²) in [4.78, 5) is 11.1. The standard InChI is InChI=1S/C11H22N2O6S2/c1-4-12(9(2)8-20(3,16)17)21(18,19)13-7-5-6-10(13)11(14)15/h9-10H,4-8H2,1-3H3,(H,14,15). The molecule has 0 aromatic carbocycles. The van der Waals surface area contributed by atoms with Crippen LogP contribution in [0.25, 0.3) is 0 Å². The molecule has 1 saturated heterocycles. The molecule has 10 heteroatoms. The topological polar surface area (TPSA) is 112 Å². The number of carboxylic acid groups (broad SMARTS) is 1. The van der Waals surface area contributed by atoms with E-state index < -0.39 is 38.1 Å². The van der Waals surface area contributed by atoms with Crippen molar-refractivity contribution in [1.82, 2.24) is 8.61 Å². The van der Waals surface area contributed by atoms with Crippen molar-refractivity contribution >= 4 is 26.0 Å². The number of rotatable bonds is 7. The molecule has 21 heavy (non-hydrogen) atoms. The largest absolute Gasteiger partial charge is 0.480 e. The number of hydrogen-bond acceptors (Lipinski definition) is 5. The Bertz CT molecular complexity index is 586. The number of aliphatic carboxylic acids is 1. The summed E-state index contributed by atoms with van der Waals surface area (Å²) in [7, 11) is -7.33. The third-order valence-electron chi connectivity index (χ3n) is 3.43. The molecule has 1 N–H and O–H groups in total. The average Bonchev–Trinajstić information content (AvgIpc) is 2.75. The molecule has 0 bridgehead atoms. The summed E-state index contributed by atoms with van der Waals surface area (Å²) in [5, 5.41) is 9.11. The second kappa shape index (κ2) is 6.59. The first kappa shape index (κ1) is 18.3. The smallest absolute Gasteiger partial charge is 0.322 e. The van der Waals surface area contributed by atoms with Gasteiger partial charge in [0.25, 0.3) is 10.2 Å². The van der Waals surface area contributed by atoms with Gasteiger partial charge in [-0.05, 0) is 19.8 Å². The predicted octanol–water partition coefficient (Wildman–Crippen LogP) is -0.465. The molecule has 0 amide bonds. The maximum Gasteiger partial charge on any atom is 0.322 e. The number of hydrogen-bond donors (Lipinski definition) is 1. The summed E-state index contributed by atoms with van der Waals surface area (Å²) in [6.45, 7) is 3.33. The van der Waals surface area contributed by atoms with Crippen LogP contribution in [0, 0.1) is 0 Å². The van der Waals surface area contributed by atoms with Crippen molar-refractivity contribution < 1.29 is 26.7 Å². The van der Waals surface area contributed by atoms with Gasteiger partial charge < -0.3 is 5.11 Å². The lowest BCUT2D eigenvalue weighted by Gasteiger charge is -2.32. The van der Waals surface area contributed by atoms with Crippen LogP contribution < -0.4 is 0 Å². The van der Waals surface area contributed by atoms with E-state index in [1.165, 1.54) is 6.92 Å². The lowest BCUT2D eigenvalue weighted by atomic mass is 10.2. The van der Waals surface area contributed by atoms with E-state index in [4.69, 9.17) is 5.11 Å². The maximum atomic E-state index is 12.6. The van der Waals surface area contributed by atoms with Gasteiger partial charge in [-0.25, -0.2) is 8.42 Å². The van der Waals surface area contributed by atoms with Gasteiger partial charge in [0, 0.05) is 25.4 Å². The van der Waals surface area contributed by atoms with Crippen LogP contribution in [0.1, 0.15) is 26.7 Å². The van der Waals surface area contributed by atoms with Gasteiger partial charge in [0.1, 0.15) is 15.9 Å². The summed E-state index contributed by atoms with van der Waals surface area (Å²) in [5.41, 5.74) is 0. The van der Waals surface area contributed by atoms with Crippen LogP contribution in [0.2, 0.25) is 0 Å². The lowest BCUT2D eigenvalue weighted by molar-refractivity contribution is -0.140. The van der Waals surface area contributed by atoms with Crippen LogP contribution >= 0.6 is 0 Å². The molecular weight excluding hydrogens is 320 g/mol. The quantitative estimate of drug-likeness (QED) is 0.670. The Morgan fingerprint density at radius 3 is 2.38 bits per heavy atom. The molecule has 8 nitrogen and oxygen atoms in total. The van der Waals surface area contributed by atoms with Crippen LogP contribution in [-0.2, 0) is 24.8 Å². The first-order valence-electron chi connectivity index (χ1n) is 6.69. The van der Waals surface area contributed by atoms with E-state index in [-0.39, 0.29) is 25.3 Å². The molecular formula is C11H22N2O6S2. The van der Waals surface area contributed by atoms with Gasteiger partial charge in [-0.1, -0.05) is 6.92 Å². The molecule has 2 unspecified atom stereocenters. The van der Waals surface area contributed by atoms with Crippen molar-refractivity contribution in [2.75, 3.05) is 25.1 Å². The van der Waals surface area contributed by atoms with Crippen molar-refractivity contribution in [2.45, 2.75) is 38.8 Å². The molecule has 2 atom stereocenters. The van der Waals surface area contributed by atoms with Crippen molar-refractivity contribution in [3.8, 4) is 0 Å². The first-order valence-corrected chi connectivity index (χ1v) is 10.2. The number of carboxylic acids is 1.